The number of fused-ring (bicyclic) bond motifs is 1. The topological polar surface area (TPSA) is 241 Å². The fourth-order valence-corrected chi connectivity index (χ4v) is 3.34. The van der Waals surface area contributed by atoms with Crippen LogP contribution in [0.25, 0.3) is 10.9 Å². The number of H-pyrrole nitrogens is 1. The first-order valence-electron chi connectivity index (χ1n) is 10.8. The van der Waals surface area contributed by atoms with Crippen molar-refractivity contribution in [3.63, 3.8) is 0 Å². The molecule has 14 nitrogen and oxygen atoms in total. The molecule has 0 aliphatic heterocycles. The minimum absolute atomic E-state index is 0.0491. The molecule has 3 amide bonds. The Balaban J connectivity index is 2.19. The van der Waals surface area contributed by atoms with E-state index < -0.39 is 72.6 Å². The minimum atomic E-state index is -1.72. The van der Waals surface area contributed by atoms with Gasteiger partial charge < -0.3 is 42.0 Å². The predicted molar refractivity (Wildman–Crippen MR) is 124 cm³/mol. The maximum absolute atomic E-state index is 13.0. The number of hydrogen-bond acceptors (Lipinski definition) is 7. The summed E-state index contributed by atoms with van der Waals surface area (Å²) >= 11 is 0. The Kier molecular flexibility index (Phi) is 9.50. The van der Waals surface area contributed by atoms with Crippen molar-refractivity contribution in [2.24, 2.45) is 5.73 Å². The Morgan fingerprint density at radius 1 is 0.861 bits per heavy atom. The number of aromatic amines is 1. The molecule has 2 aromatic rings. The van der Waals surface area contributed by atoms with Crippen LogP contribution in [0.4, 0.5) is 0 Å². The highest BCUT2D eigenvalue weighted by Gasteiger charge is 2.30. The number of benzene rings is 1. The lowest BCUT2D eigenvalue weighted by atomic mass is 10.0. The van der Waals surface area contributed by atoms with E-state index in [4.69, 9.17) is 21.1 Å². The highest BCUT2D eigenvalue weighted by molar-refractivity contribution is 5.95. The molecule has 1 aromatic heterocycles. The summed E-state index contributed by atoms with van der Waals surface area (Å²) in [4.78, 5) is 73.8. The van der Waals surface area contributed by atoms with Crippen molar-refractivity contribution >= 4 is 46.5 Å². The third kappa shape index (κ3) is 7.80. The standard InChI is InChI=1S/C22H27N5O9/c1-10(19(32)27-16(22(35)36)8-18(30)31)25-21(34)15(26-20(33)13(23)7-17(28)29)6-11-9-24-14-5-3-2-4-12(11)14/h2-5,9-10,13,15-16,24H,6-8,23H2,1H3,(H,25,34)(H,26,33)(H,27,32)(H,28,29)(H,30,31)(H,35,36). The number of rotatable bonds is 13. The van der Waals surface area contributed by atoms with Gasteiger partial charge in [0.15, 0.2) is 0 Å². The van der Waals surface area contributed by atoms with Crippen LogP contribution in [-0.2, 0) is 35.2 Å². The monoisotopic (exact) mass is 505 g/mol. The molecule has 36 heavy (non-hydrogen) atoms. The molecule has 0 bridgehead atoms. The summed E-state index contributed by atoms with van der Waals surface area (Å²) in [6.45, 7) is 1.24. The molecule has 1 aromatic carbocycles. The molecule has 1 heterocycles. The number of carbonyl (C=O) groups is 6. The zero-order valence-corrected chi connectivity index (χ0v) is 19.2. The van der Waals surface area contributed by atoms with Gasteiger partial charge in [-0.2, -0.15) is 0 Å². The third-order valence-electron chi connectivity index (χ3n) is 5.21. The second-order valence-corrected chi connectivity index (χ2v) is 8.06. The van der Waals surface area contributed by atoms with Crippen LogP contribution in [-0.4, -0.2) is 80.1 Å². The average molecular weight is 505 g/mol. The SMILES string of the molecule is CC(NC(=O)C(Cc1c[nH]c2ccccc12)NC(=O)C(N)CC(=O)O)C(=O)NC(CC(=O)O)C(=O)O. The Bertz CT molecular complexity index is 1160. The van der Waals surface area contributed by atoms with Gasteiger partial charge in [-0.3, -0.25) is 24.0 Å². The van der Waals surface area contributed by atoms with Crippen molar-refractivity contribution in [2.45, 2.75) is 50.4 Å². The fourth-order valence-electron chi connectivity index (χ4n) is 3.34. The number of nitrogens with two attached hydrogens (primary N) is 1. The lowest BCUT2D eigenvalue weighted by Crippen LogP contribution is -2.57. The molecule has 4 atom stereocenters. The van der Waals surface area contributed by atoms with Gasteiger partial charge in [0, 0.05) is 23.5 Å². The van der Waals surface area contributed by atoms with Gasteiger partial charge >= 0.3 is 17.9 Å². The molecule has 0 saturated carbocycles. The normalized spacial score (nSPS) is 14.2. The molecule has 0 aliphatic rings. The van der Waals surface area contributed by atoms with Crippen molar-refractivity contribution in [3.8, 4) is 0 Å². The molecule has 0 fully saturated rings. The maximum Gasteiger partial charge on any atom is 0.326 e. The van der Waals surface area contributed by atoms with E-state index in [-0.39, 0.29) is 6.42 Å². The smallest absolute Gasteiger partial charge is 0.326 e. The molecule has 0 spiro atoms. The first-order chi connectivity index (χ1) is 16.9. The number of hydrogen-bond donors (Lipinski definition) is 8. The summed E-state index contributed by atoms with van der Waals surface area (Å²) in [5.74, 6) is -7.02. The van der Waals surface area contributed by atoms with Crippen molar-refractivity contribution in [2.75, 3.05) is 0 Å². The summed E-state index contributed by atoms with van der Waals surface area (Å²) < 4.78 is 0. The van der Waals surface area contributed by atoms with Crippen molar-refractivity contribution in [3.05, 3.63) is 36.0 Å². The van der Waals surface area contributed by atoms with Gasteiger partial charge in [-0.15, -0.1) is 0 Å². The number of carboxylic acids is 3. The maximum atomic E-state index is 13.0. The van der Waals surface area contributed by atoms with Gasteiger partial charge in [-0.05, 0) is 18.6 Å². The lowest BCUT2D eigenvalue weighted by Gasteiger charge is -2.23. The van der Waals surface area contributed by atoms with E-state index in [0.717, 1.165) is 10.9 Å². The van der Waals surface area contributed by atoms with E-state index in [1.165, 1.54) is 6.92 Å². The second-order valence-electron chi connectivity index (χ2n) is 8.06. The number of carboxylic acid groups (broad SMARTS) is 3. The molecular formula is C22H27N5O9. The zero-order chi connectivity index (χ0) is 27.0. The van der Waals surface area contributed by atoms with Crippen LogP contribution in [0.1, 0.15) is 25.3 Å². The van der Waals surface area contributed by atoms with Crippen LogP contribution in [0.5, 0.6) is 0 Å². The van der Waals surface area contributed by atoms with Crippen LogP contribution >= 0.6 is 0 Å². The van der Waals surface area contributed by atoms with E-state index in [1.54, 1.807) is 30.5 Å². The van der Waals surface area contributed by atoms with Gasteiger partial charge in [0.2, 0.25) is 17.7 Å². The first-order valence-corrected chi connectivity index (χ1v) is 10.8. The summed E-state index contributed by atoms with van der Waals surface area (Å²) in [5.41, 5.74) is 7.02. The number of aromatic nitrogens is 1. The Morgan fingerprint density at radius 2 is 1.47 bits per heavy atom. The Labute approximate surface area is 204 Å². The molecule has 0 aliphatic carbocycles. The molecule has 2 rings (SSSR count). The average Bonchev–Trinajstić information content (AvgIpc) is 3.19. The van der Waals surface area contributed by atoms with Crippen molar-refractivity contribution in [1.82, 2.24) is 20.9 Å². The van der Waals surface area contributed by atoms with Crippen molar-refractivity contribution in [1.29, 1.82) is 0 Å². The van der Waals surface area contributed by atoms with Gasteiger partial charge in [0.25, 0.3) is 0 Å². The van der Waals surface area contributed by atoms with Crippen molar-refractivity contribution < 1.29 is 44.1 Å². The largest absolute Gasteiger partial charge is 0.481 e. The molecule has 0 radical (unpaired) electrons. The van der Waals surface area contributed by atoms with Crippen LogP contribution in [0.15, 0.2) is 30.5 Å². The summed E-state index contributed by atoms with van der Waals surface area (Å²) in [7, 11) is 0. The predicted octanol–water partition coefficient (Wildman–Crippen LogP) is -1.45. The molecular weight excluding hydrogens is 478 g/mol. The van der Waals surface area contributed by atoms with Gasteiger partial charge in [0.1, 0.15) is 18.1 Å². The third-order valence-corrected chi connectivity index (χ3v) is 5.21. The Morgan fingerprint density at radius 3 is 2.08 bits per heavy atom. The summed E-state index contributed by atoms with van der Waals surface area (Å²) in [5, 5.41) is 34.3. The quantitative estimate of drug-likeness (QED) is 0.157. The van der Waals surface area contributed by atoms with E-state index in [2.05, 4.69) is 15.6 Å². The minimum Gasteiger partial charge on any atom is -0.481 e. The van der Waals surface area contributed by atoms with Crippen LogP contribution < -0.4 is 21.7 Å². The molecule has 14 heteroatoms. The number of nitrogens with one attached hydrogen (secondary N) is 4. The highest BCUT2D eigenvalue weighted by Crippen LogP contribution is 2.19. The summed E-state index contributed by atoms with van der Waals surface area (Å²) in [6.07, 6.45) is 0.0366. The number of aliphatic carboxylic acids is 3. The van der Waals surface area contributed by atoms with Crippen LogP contribution in [0, 0.1) is 0 Å². The van der Waals surface area contributed by atoms with Crippen LogP contribution in [0.3, 0.4) is 0 Å². The molecule has 0 saturated heterocycles. The molecule has 194 valence electrons. The first kappa shape index (κ1) is 27.8. The number of carbonyl (C=O) groups excluding carboxylic acids is 3. The van der Waals surface area contributed by atoms with E-state index in [1.807, 2.05) is 5.32 Å². The van der Waals surface area contributed by atoms with E-state index >= 15 is 0 Å². The van der Waals surface area contributed by atoms with Gasteiger partial charge in [0.05, 0.1) is 18.9 Å². The van der Waals surface area contributed by atoms with Gasteiger partial charge in [-0.1, -0.05) is 18.2 Å². The molecule has 9 N–H and O–H groups in total. The van der Waals surface area contributed by atoms with Gasteiger partial charge in [-0.25, -0.2) is 4.79 Å². The number of amides is 3. The number of para-hydroxylation sites is 1. The fraction of sp³-hybridized carbons (Fsp3) is 0.364. The lowest BCUT2D eigenvalue weighted by molar-refractivity contribution is -0.147. The zero-order valence-electron chi connectivity index (χ0n) is 19.2. The van der Waals surface area contributed by atoms with E-state index in [0.29, 0.717) is 5.56 Å². The Hall–Kier alpha value is -4.46. The van der Waals surface area contributed by atoms with Crippen LogP contribution in [0.2, 0.25) is 0 Å². The molecule has 4 unspecified atom stereocenters. The second kappa shape index (κ2) is 12.3. The summed E-state index contributed by atoms with van der Waals surface area (Å²) in [6, 6.07) is 1.44. The van der Waals surface area contributed by atoms with E-state index in [9.17, 15) is 28.8 Å². The highest BCUT2D eigenvalue weighted by atomic mass is 16.4.